The Morgan fingerprint density at radius 3 is 2.49 bits per heavy atom. The fraction of sp³-hybridized carbons (Fsp3) is 0.400. The number of benzene rings is 1. The Balaban J connectivity index is 1.51. The van der Waals surface area contributed by atoms with Crippen LogP contribution < -0.4 is 10.2 Å². The number of fused-ring (bicyclic) bond motifs is 1. The van der Waals surface area contributed by atoms with Crippen molar-refractivity contribution >= 4 is 55.2 Å². The van der Waals surface area contributed by atoms with Crippen LogP contribution in [0.4, 0.5) is 16.9 Å². The monoisotopic (exact) mass is 570 g/mol. The van der Waals surface area contributed by atoms with Crippen LogP contribution in [0.3, 0.4) is 0 Å². The molecule has 0 amide bonds. The van der Waals surface area contributed by atoms with Gasteiger partial charge in [0.1, 0.15) is 4.88 Å². The molecule has 14 heteroatoms. The zero-order valence-electron chi connectivity index (χ0n) is 22.2. The number of hydrogen-bond donors (Lipinski definition) is 1. The molecule has 0 spiro atoms. The van der Waals surface area contributed by atoms with Gasteiger partial charge in [-0.05, 0) is 38.6 Å². The minimum atomic E-state index is -3.27. The molecule has 0 aliphatic carbocycles. The SMILES string of the molecule is CCOC(=O)c1sc(Nc2nc(N3CCN(C)CC3)c3ncn(Cc4ccc(S(C)(=O)=O)cc4)c3n2)nc1C. The number of hydrogen-bond acceptors (Lipinski definition) is 12. The minimum absolute atomic E-state index is 0.272. The van der Waals surface area contributed by atoms with Crippen LogP contribution in [0.15, 0.2) is 35.5 Å². The van der Waals surface area contributed by atoms with E-state index in [4.69, 9.17) is 14.7 Å². The molecule has 1 aromatic carbocycles. The first-order valence-corrected chi connectivity index (χ1v) is 15.2. The zero-order chi connectivity index (χ0) is 27.7. The van der Waals surface area contributed by atoms with Gasteiger partial charge in [-0.1, -0.05) is 23.5 Å². The Morgan fingerprint density at radius 1 is 1.10 bits per heavy atom. The van der Waals surface area contributed by atoms with Crippen LogP contribution in [-0.4, -0.2) is 89.9 Å². The number of thiazole rings is 1. The summed E-state index contributed by atoms with van der Waals surface area (Å²) in [6, 6.07) is 6.79. The lowest BCUT2D eigenvalue weighted by molar-refractivity contribution is 0.0531. The van der Waals surface area contributed by atoms with Crippen molar-refractivity contribution in [3.8, 4) is 0 Å². The number of aromatic nitrogens is 5. The lowest BCUT2D eigenvalue weighted by Gasteiger charge is -2.33. The summed E-state index contributed by atoms with van der Waals surface area (Å²) in [6.45, 7) is 7.65. The first-order valence-electron chi connectivity index (χ1n) is 12.5. The molecule has 0 saturated carbocycles. The Kier molecular flexibility index (Phi) is 7.51. The van der Waals surface area contributed by atoms with Gasteiger partial charge in [0.15, 0.2) is 32.0 Å². The van der Waals surface area contributed by atoms with Gasteiger partial charge in [0.2, 0.25) is 5.95 Å². The number of nitrogens with one attached hydrogen (secondary N) is 1. The maximum atomic E-state index is 12.3. The smallest absolute Gasteiger partial charge is 0.350 e. The van der Waals surface area contributed by atoms with E-state index in [1.54, 1.807) is 44.4 Å². The third kappa shape index (κ3) is 5.87. The molecule has 4 heterocycles. The molecular formula is C25H30N8O4S2. The van der Waals surface area contributed by atoms with E-state index in [9.17, 15) is 13.2 Å². The van der Waals surface area contributed by atoms with Gasteiger partial charge in [-0.3, -0.25) is 5.32 Å². The minimum Gasteiger partial charge on any atom is -0.462 e. The van der Waals surface area contributed by atoms with Gasteiger partial charge in [-0.15, -0.1) is 0 Å². The van der Waals surface area contributed by atoms with Gasteiger partial charge in [0, 0.05) is 32.4 Å². The summed E-state index contributed by atoms with van der Waals surface area (Å²) < 4.78 is 30.7. The lowest BCUT2D eigenvalue weighted by Crippen LogP contribution is -2.45. The molecule has 0 unspecified atom stereocenters. The number of likely N-dealkylation sites (N-methyl/N-ethyl adjacent to an activating group) is 1. The van der Waals surface area contributed by atoms with E-state index in [0.717, 1.165) is 37.6 Å². The van der Waals surface area contributed by atoms with Crippen molar-refractivity contribution < 1.29 is 17.9 Å². The zero-order valence-corrected chi connectivity index (χ0v) is 23.8. The molecule has 1 N–H and O–H groups in total. The average molecular weight is 571 g/mol. The third-order valence-corrected chi connectivity index (χ3v) is 8.61. The quantitative estimate of drug-likeness (QED) is 0.313. The van der Waals surface area contributed by atoms with Gasteiger partial charge in [0.25, 0.3) is 0 Å². The van der Waals surface area contributed by atoms with E-state index in [1.165, 1.54) is 17.6 Å². The number of imidazole rings is 1. The number of rotatable bonds is 8. The van der Waals surface area contributed by atoms with Crippen molar-refractivity contribution in [2.24, 2.45) is 0 Å². The number of nitrogens with zero attached hydrogens (tertiary/aromatic N) is 7. The second-order valence-electron chi connectivity index (χ2n) is 9.40. The molecular weight excluding hydrogens is 540 g/mol. The van der Waals surface area contributed by atoms with Gasteiger partial charge in [-0.2, -0.15) is 9.97 Å². The van der Waals surface area contributed by atoms with Gasteiger partial charge in [0.05, 0.1) is 30.1 Å². The second kappa shape index (κ2) is 10.9. The molecule has 5 rings (SSSR count). The third-order valence-electron chi connectivity index (χ3n) is 6.43. The lowest BCUT2D eigenvalue weighted by atomic mass is 10.2. The summed E-state index contributed by atoms with van der Waals surface area (Å²) in [6.07, 6.45) is 2.91. The molecule has 4 aromatic rings. The highest BCUT2D eigenvalue weighted by atomic mass is 32.2. The maximum absolute atomic E-state index is 12.3. The van der Waals surface area contributed by atoms with Crippen LogP contribution in [0.5, 0.6) is 0 Å². The standard InChI is InChI=1S/C25H30N8O4S2/c1-5-37-23(34)20-16(2)27-25(38-20)30-24-28-21(32-12-10-31(3)11-13-32)19-22(29-24)33(15-26-19)14-17-6-8-18(9-7-17)39(4,35)36/h6-9,15H,5,10-14H2,1-4H3,(H,27,28,29,30). The number of piperazine rings is 1. The van der Waals surface area contributed by atoms with Crippen LogP contribution in [0, 0.1) is 6.92 Å². The molecule has 0 bridgehead atoms. The number of sulfone groups is 1. The number of carbonyl (C=O) groups is 1. The van der Waals surface area contributed by atoms with Crippen LogP contribution in [-0.2, 0) is 21.1 Å². The topological polar surface area (TPSA) is 135 Å². The summed E-state index contributed by atoms with van der Waals surface area (Å²) in [7, 11) is -1.18. The largest absolute Gasteiger partial charge is 0.462 e. The number of esters is 1. The predicted octanol–water partition coefficient (Wildman–Crippen LogP) is 2.72. The Bertz CT molecular complexity index is 1610. The van der Waals surface area contributed by atoms with Gasteiger partial charge in [-0.25, -0.2) is 23.2 Å². The number of aryl methyl sites for hydroxylation is 1. The molecule has 0 atom stereocenters. The van der Waals surface area contributed by atoms with E-state index in [1.807, 2.05) is 4.57 Å². The molecule has 1 aliphatic heterocycles. The molecule has 1 fully saturated rings. The van der Waals surface area contributed by atoms with Gasteiger partial charge < -0.3 is 19.1 Å². The van der Waals surface area contributed by atoms with Crippen LogP contribution in [0.1, 0.15) is 27.9 Å². The van der Waals surface area contributed by atoms with Crippen molar-refractivity contribution in [3.63, 3.8) is 0 Å². The number of ether oxygens (including phenoxy) is 1. The molecule has 206 valence electrons. The summed E-state index contributed by atoms with van der Waals surface area (Å²) in [5.74, 6) is 0.658. The molecule has 3 aromatic heterocycles. The summed E-state index contributed by atoms with van der Waals surface area (Å²) >= 11 is 1.19. The Hall–Kier alpha value is -3.62. The van der Waals surface area contributed by atoms with Crippen LogP contribution in [0.25, 0.3) is 11.2 Å². The molecule has 39 heavy (non-hydrogen) atoms. The predicted molar refractivity (Wildman–Crippen MR) is 150 cm³/mol. The van der Waals surface area contributed by atoms with Crippen molar-refractivity contribution in [3.05, 3.63) is 46.7 Å². The van der Waals surface area contributed by atoms with E-state index in [-0.39, 0.29) is 11.5 Å². The first-order chi connectivity index (χ1) is 18.6. The summed E-state index contributed by atoms with van der Waals surface area (Å²) in [4.78, 5) is 36.2. The van der Waals surface area contributed by atoms with Crippen molar-refractivity contribution in [1.29, 1.82) is 0 Å². The summed E-state index contributed by atoms with van der Waals surface area (Å²) in [5.41, 5.74) is 2.79. The van der Waals surface area contributed by atoms with Crippen molar-refractivity contribution in [2.75, 3.05) is 56.3 Å². The highest BCUT2D eigenvalue weighted by Crippen LogP contribution is 2.29. The molecule has 12 nitrogen and oxygen atoms in total. The highest BCUT2D eigenvalue weighted by molar-refractivity contribution is 7.90. The molecule has 1 saturated heterocycles. The van der Waals surface area contributed by atoms with E-state index in [2.05, 4.69) is 32.1 Å². The fourth-order valence-electron chi connectivity index (χ4n) is 4.31. The summed E-state index contributed by atoms with van der Waals surface area (Å²) in [5, 5.41) is 3.67. The van der Waals surface area contributed by atoms with Crippen LogP contribution >= 0.6 is 11.3 Å². The second-order valence-corrected chi connectivity index (χ2v) is 12.4. The van der Waals surface area contributed by atoms with Crippen molar-refractivity contribution in [2.45, 2.75) is 25.3 Å². The maximum Gasteiger partial charge on any atom is 0.350 e. The van der Waals surface area contributed by atoms with Crippen LogP contribution in [0.2, 0.25) is 0 Å². The van der Waals surface area contributed by atoms with E-state index in [0.29, 0.717) is 39.4 Å². The first kappa shape index (κ1) is 27.0. The molecule has 1 aliphatic rings. The number of anilines is 3. The van der Waals surface area contributed by atoms with E-state index < -0.39 is 15.8 Å². The molecule has 0 radical (unpaired) electrons. The highest BCUT2D eigenvalue weighted by Gasteiger charge is 2.23. The Labute approximate surface area is 230 Å². The normalized spacial score (nSPS) is 14.6. The number of carbonyl (C=O) groups excluding carboxylic acids is 1. The van der Waals surface area contributed by atoms with E-state index >= 15 is 0 Å². The van der Waals surface area contributed by atoms with Gasteiger partial charge >= 0.3 is 5.97 Å². The fourth-order valence-corrected chi connectivity index (χ4v) is 5.79. The Morgan fingerprint density at radius 2 is 1.82 bits per heavy atom. The van der Waals surface area contributed by atoms with Crippen molar-refractivity contribution in [1.82, 2.24) is 29.4 Å². The average Bonchev–Trinajstić information content (AvgIpc) is 3.47.